The van der Waals surface area contributed by atoms with Gasteiger partial charge in [0, 0.05) is 25.7 Å². The van der Waals surface area contributed by atoms with Crippen LogP contribution in [0.3, 0.4) is 0 Å². The molecule has 0 aliphatic heterocycles. The third-order valence-electron chi connectivity index (χ3n) is 4.39. The second-order valence-electron chi connectivity index (χ2n) is 6.28. The fourth-order valence-electron chi connectivity index (χ4n) is 3.05. The number of nitrogens with zero attached hydrogens (tertiary/aromatic N) is 4. The number of nitrogens with one attached hydrogen (secondary N) is 1. The number of fused-ring (bicyclic) bond motifs is 1. The number of amides is 1. The Morgan fingerprint density at radius 1 is 1.38 bits per heavy atom. The number of anilines is 1. The first-order chi connectivity index (χ1) is 12.2. The lowest BCUT2D eigenvalue weighted by Crippen LogP contribution is -2.51. The summed E-state index contributed by atoms with van der Waals surface area (Å²) in [4.78, 5) is 34.4. The second kappa shape index (κ2) is 7.77. The SMILES string of the molecule is CCCN(c1nc(=O)n(C)c2nc(C)c(F)c(C)c12)C(CNC)C(N)=O. The summed E-state index contributed by atoms with van der Waals surface area (Å²) in [5.41, 5.74) is 5.90. The van der Waals surface area contributed by atoms with Gasteiger partial charge < -0.3 is 16.0 Å². The molecule has 142 valence electrons. The fraction of sp³-hybridized carbons (Fsp3) is 0.529. The minimum atomic E-state index is -0.730. The van der Waals surface area contributed by atoms with Crippen LogP contribution in [0, 0.1) is 19.7 Å². The van der Waals surface area contributed by atoms with Gasteiger partial charge in [0.25, 0.3) is 0 Å². The van der Waals surface area contributed by atoms with Crippen molar-refractivity contribution in [1.82, 2.24) is 19.9 Å². The second-order valence-corrected chi connectivity index (χ2v) is 6.28. The number of hydrogen-bond donors (Lipinski definition) is 2. The molecule has 9 heteroatoms. The molecule has 0 saturated carbocycles. The lowest BCUT2D eigenvalue weighted by atomic mass is 10.1. The Kier molecular flexibility index (Phi) is 5.91. The van der Waals surface area contributed by atoms with Gasteiger partial charge in [-0.2, -0.15) is 4.98 Å². The monoisotopic (exact) mass is 364 g/mol. The molecule has 8 nitrogen and oxygen atoms in total. The Labute approximate surface area is 151 Å². The average Bonchev–Trinajstić information content (AvgIpc) is 2.59. The van der Waals surface area contributed by atoms with Crippen LogP contribution in [0.5, 0.6) is 0 Å². The molecular formula is C17H25FN6O2. The Morgan fingerprint density at radius 2 is 2.04 bits per heavy atom. The van der Waals surface area contributed by atoms with E-state index in [4.69, 9.17) is 5.73 Å². The molecule has 0 aliphatic rings. The van der Waals surface area contributed by atoms with Crippen molar-refractivity contribution in [2.45, 2.75) is 33.2 Å². The maximum Gasteiger partial charge on any atom is 0.350 e. The van der Waals surface area contributed by atoms with Crippen LogP contribution in [-0.2, 0) is 11.8 Å². The minimum absolute atomic E-state index is 0.200. The van der Waals surface area contributed by atoms with E-state index < -0.39 is 23.5 Å². The molecule has 2 heterocycles. The van der Waals surface area contributed by atoms with E-state index in [2.05, 4.69) is 15.3 Å². The number of halogens is 1. The molecule has 0 spiro atoms. The van der Waals surface area contributed by atoms with Gasteiger partial charge in [-0.3, -0.25) is 9.36 Å². The predicted octanol–water partition coefficient (Wildman–Crippen LogP) is 0.374. The first kappa shape index (κ1) is 19.8. The number of carbonyl (C=O) groups is 1. The molecule has 2 aromatic rings. The van der Waals surface area contributed by atoms with Gasteiger partial charge in [0.1, 0.15) is 23.3 Å². The van der Waals surface area contributed by atoms with Gasteiger partial charge in [-0.15, -0.1) is 0 Å². The first-order valence-corrected chi connectivity index (χ1v) is 8.48. The van der Waals surface area contributed by atoms with Gasteiger partial charge in [-0.25, -0.2) is 14.2 Å². The van der Waals surface area contributed by atoms with E-state index in [9.17, 15) is 14.0 Å². The number of primary amides is 1. The van der Waals surface area contributed by atoms with Gasteiger partial charge in [-0.05, 0) is 27.3 Å². The molecule has 1 unspecified atom stereocenters. The number of carbonyl (C=O) groups excluding carboxylic acids is 1. The largest absolute Gasteiger partial charge is 0.368 e. The molecule has 2 rings (SSSR count). The van der Waals surface area contributed by atoms with E-state index in [1.807, 2.05) is 6.92 Å². The highest BCUT2D eigenvalue weighted by Crippen LogP contribution is 2.29. The van der Waals surface area contributed by atoms with Crippen LogP contribution >= 0.6 is 0 Å². The van der Waals surface area contributed by atoms with Crippen LogP contribution in [0.1, 0.15) is 24.6 Å². The van der Waals surface area contributed by atoms with Gasteiger partial charge in [0.2, 0.25) is 5.91 Å². The van der Waals surface area contributed by atoms with E-state index in [1.54, 1.807) is 25.8 Å². The number of hydrogen-bond acceptors (Lipinski definition) is 6. The average molecular weight is 364 g/mol. The summed E-state index contributed by atoms with van der Waals surface area (Å²) in [5.74, 6) is -0.783. The topological polar surface area (TPSA) is 106 Å². The molecule has 0 aromatic carbocycles. The van der Waals surface area contributed by atoms with Crippen LogP contribution in [0.2, 0.25) is 0 Å². The number of aryl methyl sites for hydroxylation is 3. The lowest BCUT2D eigenvalue weighted by Gasteiger charge is -2.31. The third kappa shape index (κ3) is 3.39. The first-order valence-electron chi connectivity index (χ1n) is 8.48. The molecule has 0 fully saturated rings. The minimum Gasteiger partial charge on any atom is -0.368 e. The molecule has 0 aliphatic carbocycles. The quantitative estimate of drug-likeness (QED) is 0.735. The highest BCUT2D eigenvalue weighted by atomic mass is 19.1. The normalized spacial score (nSPS) is 12.4. The van der Waals surface area contributed by atoms with Crippen molar-refractivity contribution in [3.63, 3.8) is 0 Å². The van der Waals surface area contributed by atoms with Gasteiger partial charge >= 0.3 is 5.69 Å². The molecule has 1 amide bonds. The number of rotatable bonds is 7. The highest BCUT2D eigenvalue weighted by molar-refractivity contribution is 5.93. The lowest BCUT2D eigenvalue weighted by molar-refractivity contribution is -0.119. The van der Waals surface area contributed by atoms with Crippen LogP contribution in [0.15, 0.2) is 4.79 Å². The summed E-state index contributed by atoms with van der Waals surface area (Å²) in [6.45, 7) is 5.80. The summed E-state index contributed by atoms with van der Waals surface area (Å²) in [6, 6.07) is -0.730. The summed E-state index contributed by atoms with van der Waals surface area (Å²) in [6.07, 6.45) is 0.687. The van der Waals surface area contributed by atoms with E-state index in [0.29, 0.717) is 29.6 Å². The molecule has 3 N–H and O–H groups in total. The Morgan fingerprint density at radius 3 is 2.58 bits per heavy atom. The maximum absolute atomic E-state index is 14.5. The number of likely N-dealkylation sites (N-methyl/N-ethyl adjacent to an activating group) is 1. The van der Waals surface area contributed by atoms with Crippen LogP contribution in [-0.4, -0.2) is 46.6 Å². The van der Waals surface area contributed by atoms with Crippen molar-refractivity contribution < 1.29 is 9.18 Å². The molecule has 0 radical (unpaired) electrons. The van der Waals surface area contributed by atoms with Crippen molar-refractivity contribution >= 4 is 22.8 Å². The molecule has 0 saturated heterocycles. The Balaban J connectivity index is 2.88. The van der Waals surface area contributed by atoms with E-state index in [1.165, 1.54) is 11.6 Å². The zero-order valence-corrected chi connectivity index (χ0v) is 15.8. The number of nitrogens with two attached hydrogens (primary N) is 1. The van der Waals surface area contributed by atoms with Crippen molar-refractivity contribution in [1.29, 1.82) is 0 Å². The van der Waals surface area contributed by atoms with Crippen molar-refractivity contribution in [3.8, 4) is 0 Å². The van der Waals surface area contributed by atoms with Gasteiger partial charge in [0.05, 0.1) is 11.1 Å². The predicted molar refractivity (Wildman–Crippen MR) is 98.8 cm³/mol. The van der Waals surface area contributed by atoms with Crippen LogP contribution in [0.25, 0.3) is 11.0 Å². The standard InChI is InChI=1S/C17H25FN6O2/c1-6-7-24(11(8-20-4)14(19)25)16-12-9(2)13(18)10(3)21-15(12)23(5)17(26)22-16/h11,20H,6-8H2,1-5H3,(H2,19,25). The summed E-state index contributed by atoms with van der Waals surface area (Å²) < 4.78 is 15.8. The van der Waals surface area contributed by atoms with Crippen molar-refractivity contribution in [3.05, 3.63) is 27.6 Å². The Hall–Kier alpha value is -2.55. The Bertz CT molecular complexity index is 895. The van der Waals surface area contributed by atoms with Crippen molar-refractivity contribution in [2.75, 3.05) is 25.0 Å². The van der Waals surface area contributed by atoms with Gasteiger partial charge in [0.15, 0.2) is 0 Å². The summed E-state index contributed by atoms with van der Waals surface area (Å²) >= 11 is 0. The maximum atomic E-state index is 14.5. The van der Waals surface area contributed by atoms with E-state index in [0.717, 1.165) is 0 Å². The molecular weight excluding hydrogens is 339 g/mol. The zero-order chi connectivity index (χ0) is 19.6. The smallest absolute Gasteiger partial charge is 0.350 e. The van der Waals surface area contributed by atoms with Crippen LogP contribution in [0.4, 0.5) is 10.2 Å². The molecule has 0 bridgehead atoms. The summed E-state index contributed by atoms with van der Waals surface area (Å²) in [7, 11) is 3.24. The van der Waals surface area contributed by atoms with E-state index >= 15 is 0 Å². The third-order valence-corrected chi connectivity index (χ3v) is 4.39. The highest BCUT2D eigenvalue weighted by Gasteiger charge is 2.28. The van der Waals surface area contributed by atoms with E-state index in [-0.39, 0.29) is 18.1 Å². The van der Waals surface area contributed by atoms with Gasteiger partial charge in [-0.1, -0.05) is 6.92 Å². The number of aromatic nitrogens is 3. The van der Waals surface area contributed by atoms with Crippen LogP contribution < -0.4 is 21.6 Å². The fourth-order valence-corrected chi connectivity index (χ4v) is 3.05. The summed E-state index contributed by atoms with van der Waals surface area (Å²) in [5, 5.41) is 3.33. The van der Waals surface area contributed by atoms with Crippen molar-refractivity contribution in [2.24, 2.45) is 12.8 Å². The molecule has 2 aromatic heterocycles. The number of pyridine rings is 1. The molecule has 1 atom stereocenters. The molecule has 26 heavy (non-hydrogen) atoms. The zero-order valence-electron chi connectivity index (χ0n) is 15.8.